The standard InChI is InChI=1S/C23H19ClF4O/c24-18-12-10-17(11-13-18)20(23(26,27)28)8-4-5-16-9-14-21(25)22(15-16)29-19-6-2-1-3-7-19/h1-3,6-7,9-15,20H,4-5,8H2. The second kappa shape index (κ2) is 9.31. The monoisotopic (exact) mass is 422 g/mol. The van der Waals surface area contributed by atoms with Gasteiger partial charge < -0.3 is 4.74 Å². The van der Waals surface area contributed by atoms with Crippen molar-refractivity contribution in [3.63, 3.8) is 0 Å². The maximum absolute atomic E-state index is 14.0. The molecule has 3 rings (SSSR count). The zero-order valence-corrected chi connectivity index (χ0v) is 16.2. The molecule has 0 saturated carbocycles. The molecule has 0 bridgehead atoms. The molecule has 0 radical (unpaired) electrons. The number of hydrogen-bond acceptors (Lipinski definition) is 1. The maximum atomic E-state index is 14.0. The molecule has 0 N–H and O–H groups in total. The molecule has 0 heterocycles. The van der Waals surface area contributed by atoms with E-state index in [1.165, 1.54) is 36.4 Å². The predicted molar refractivity (Wildman–Crippen MR) is 106 cm³/mol. The molecule has 3 aromatic rings. The second-order valence-electron chi connectivity index (χ2n) is 6.72. The van der Waals surface area contributed by atoms with Crippen molar-refractivity contribution in [2.75, 3.05) is 0 Å². The van der Waals surface area contributed by atoms with Crippen molar-refractivity contribution in [1.82, 2.24) is 0 Å². The van der Waals surface area contributed by atoms with Crippen LogP contribution in [0, 0.1) is 5.82 Å². The smallest absolute Gasteiger partial charge is 0.395 e. The van der Waals surface area contributed by atoms with Crippen molar-refractivity contribution in [2.24, 2.45) is 0 Å². The lowest BCUT2D eigenvalue weighted by atomic mass is 9.92. The Balaban J connectivity index is 1.67. The molecule has 0 amide bonds. The van der Waals surface area contributed by atoms with Gasteiger partial charge in [-0.25, -0.2) is 4.39 Å². The van der Waals surface area contributed by atoms with Crippen LogP contribution in [-0.4, -0.2) is 6.18 Å². The van der Waals surface area contributed by atoms with Crippen molar-refractivity contribution >= 4 is 11.6 Å². The van der Waals surface area contributed by atoms with E-state index in [0.717, 1.165) is 5.56 Å². The number of ether oxygens (including phenoxy) is 1. The summed E-state index contributed by atoms with van der Waals surface area (Å²) < 4.78 is 60.0. The summed E-state index contributed by atoms with van der Waals surface area (Å²) in [6.07, 6.45) is -3.75. The molecule has 0 aliphatic carbocycles. The number of aryl methyl sites for hydroxylation is 1. The number of alkyl halides is 3. The van der Waals surface area contributed by atoms with Gasteiger partial charge in [0.2, 0.25) is 0 Å². The van der Waals surface area contributed by atoms with Crippen molar-refractivity contribution in [3.05, 3.63) is 94.8 Å². The van der Waals surface area contributed by atoms with Crippen LogP contribution in [0.4, 0.5) is 17.6 Å². The van der Waals surface area contributed by atoms with Gasteiger partial charge in [-0.3, -0.25) is 0 Å². The number of hydrogen-bond donors (Lipinski definition) is 0. The first kappa shape index (κ1) is 21.2. The first-order chi connectivity index (χ1) is 13.8. The Morgan fingerprint density at radius 1 is 0.897 bits per heavy atom. The van der Waals surface area contributed by atoms with Gasteiger partial charge in [0.25, 0.3) is 0 Å². The summed E-state index contributed by atoms with van der Waals surface area (Å²) in [5.41, 5.74) is 0.906. The Labute approximate surface area is 171 Å². The average Bonchev–Trinajstić information content (AvgIpc) is 2.68. The van der Waals surface area contributed by atoms with Gasteiger partial charge in [0.05, 0.1) is 5.92 Å². The van der Waals surface area contributed by atoms with Crippen molar-refractivity contribution < 1.29 is 22.3 Å². The highest BCUT2D eigenvalue weighted by Gasteiger charge is 2.39. The van der Waals surface area contributed by atoms with E-state index in [1.807, 2.05) is 6.07 Å². The summed E-state index contributed by atoms with van der Waals surface area (Å²) in [5.74, 6) is -1.55. The quantitative estimate of drug-likeness (QED) is 0.351. The van der Waals surface area contributed by atoms with Crippen LogP contribution < -0.4 is 4.74 Å². The number of benzene rings is 3. The van der Waals surface area contributed by atoms with Crippen molar-refractivity contribution in [3.8, 4) is 11.5 Å². The molecule has 152 valence electrons. The summed E-state index contributed by atoms with van der Waals surface area (Å²) in [4.78, 5) is 0. The Kier molecular flexibility index (Phi) is 6.80. The van der Waals surface area contributed by atoms with E-state index in [4.69, 9.17) is 16.3 Å². The minimum absolute atomic E-state index is 0.0544. The highest BCUT2D eigenvalue weighted by Crippen LogP contribution is 2.39. The van der Waals surface area contributed by atoms with Gasteiger partial charge in [0.15, 0.2) is 11.6 Å². The number of rotatable bonds is 7. The Morgan fingerprint density at radius 2 is 1.59 bits per heavy atom. The Hall–Kier alpha value is -2.53. The lowest BCUT2D eigenvalue weighted by Crippen LogP contribution is -2.21. The molecular weight excluding hydrogens is 404 g/mol. The molecule has 6 heteroatoms. The first-order valence-electron chi connectivity index (χ1n) is 9.16. The summed E-state index contributed by atoms with van der Waals surface area (Å²) in [6.45, 7) is 0. The summed E-state index contributed by atoms with van der Waals surface area (Å²) >= 11 is 5.78. The summed E-state index contributed by atoms with van der Waals surface area (Å²) in [5, 5.41) is 0.395. The van der Waals surface area contributed by atoms with Gasteiger partial charge in [-0.05, 0) is 66.8 Å². The van der Waals surface area contributed by atoms with Gasteiger partial charge in [-0.1, -0.05) is 48.0 Å². The van der Waals surface area contributed by atoms with E-state index in [9.17, 15) is 17.6 Å². The Morgan fingerprint density at radius 3 is 2.24 bits per heavy atom. The molecule has 1 nitrogen and oxygen atoms in total. The van der Waals surface area contributed by atoms with Crippen LogP contribution in [-0.2, 0) is 6.42 Å². The van der Waals surface area contributed by atoms with Gasteiger partial charge >= 0.3 is 6.18 Å². The first-order valence-corrected chi connectivity index (χ1v) is 9.54. The molecule has 1 unspecified atom stereocenters. The lowest BCUT2D eigenvalue weighted by Gasteiger charge is -2.21. The van der Waals surface area contributed by atoms with Crippen molar-refractivity contribution in [2.45, 2.75) is 31.4 Å². The fourth-order valence-corrected chi connectivity index (χ4v) is 3.25. The fraction of sp³-hybridized carbons (Fsp3) is 0.217. The van der Waals surface area contributed by atoms with Gasteiger partial charge in [0, 0.05) is 5.02 Å². The molecule has 0 aliphatic rings. The van der Waals surface area contributed by atoms with E-state index < -0.39 is 17.9 Å². The van der Waals surface area contributed by atoms with E-state index in [-0.39, 0.29) is 17.7 Å². The van der Waals surface area contributed by atoms with Gasteiger partial charge in [-0.2, -0.15) is 13.2 Å². The summed E-state index contributed by atoms with van der Waals surface area (Å²) in [6, 6.07) is 18.9. The molecule has 3 aromatic carbocycles. The molecule has 0 aliphatic heterocycles. The van der Waals surface area contributed by atoms with Crippen LogP contribution in [0.5, 0.6) is 11.5 Å². The molecule has 1 atom stereocenters. The van der Waals surface area contributed by atoms with E-state index >= 15 is 0 Å². The predicted octanol–water partition coefficient (Wildman–Crippen LogP) is 7.94. The number of para-hydroxylation sites is 1. The van der Waals surface area contributed by atoms with Crippen LogP contribution in [0.1, 0.15) is 29.9 Å². The summed E-state index contributed by atoms with van der Waals surface area (Å²) in [7, 11) is 0. The normalized spacial score (nSPS) is 12.6. The highest BCUT2D eigenvalue weighted by atomic mass is 35.5. The van der Waals surface area contributed by atoms with Crippen LogP contribution in [0.15, 0.2) is 72.8 Å². The minimum atomic E-state index is -4.35. The third kappa shape index (κ3) is 5.97. The van der Waals surface area contributed by atoms with Gasteiger partial charge in [0.1, 0.15) is 5.75 Å². The third-order valence-corrected chi connectivity index (χ3v) is 4.84. The zero-order chi connectivity index (χ0) is 20.9. The van der Waals surface area contributed by atoms with Crippen LogP contribution in [0.25, 0.3) is 0 Å². The van der Waals surface area contributed by atoms with Crippen LogP contribution in [0.2, 0.25) is 5.02 Å². The molecule has 0 saturated heterocycles. The fourth-order valence-electron chi connectivity index (χ4n) is 3.12. The van der Waals surface area contributed by atoms with Crippen LogP contribution >= 0.6 is 11.6 Å². The Bertz CT molecular complexity index is 924. The maximum Gasteiger partial charge on any atom is 0.395 e. The van der Waals surface area contributed by atoms with Crippen LogP contribution in [0.3, 0.4) is 0 Å². The molecule has 0 aromatic heterocycles. The minimum Gasteiger partial charge on any atom is -0.454 e. The van der Waals surface area contributed by atoms with E-state index in [0.29, 0.717) is 23.6 Å². The lowest BCUT2D eigenvalue weighted by molar-refractivity contribution is -0.152. The third-order valence-electron chi connectivity index (χ3n) is 4.59. The highest BCUT2D eigenvalue weighted by molar-refractivity contribution is 6.30. The van der Waals surface area contributed by atoms with E-state index in [1.54, 1.807) is 30.3 Å². The average molecular weight is 423 g/mol. The zero-order valence-electron chi connectivity index (χ0n) is 15.4. The van der Waals surface area contributed by atoms with E-state index in [2.05, 4.69) is 0 Å². The second-order valence-corrected chi connectivity index (χ2v) is 7.15. The SMILES string of the molecule is Fc1ccc(CCCC(c2ccc(Cl)cc2)C(F)(F)F)cc1Oc1ccccc1. The topological polar surface area (TPSA) is 9.23 Å². The number of halogens is 5. The molecule has 0 spiro atoms. The molecule has 0 fully saturated rings. The van der Waals surface area contributed by atoms with Gasteiger partial charge in [-0.15, -0.1) is 0 Å². The molecule has 29 heavy (non-hydrogen) atoms. The molecular formula is C23H19ClF4O. The van der Waals surface area contributed by atoms with Crippen molar-refractivity contribution in [1.29, 1.82) is 0 Å². The largest absolute Gasteiger partial charge is 0.454 e.